The quantitative estimate of drug-likeness (QED) is 0.822. The first-order valence-corrected chi connectivity index (χ1v) is 7.15. The van der Waals surface area contributed by atoms with Crippen molar-refractivity contribution in [3.05, 3.63) is 41.2 Å². The summed E-state index contributed by atoms with van der Waals surface area (Å²) in [5.74, 6) is -0.663. The monoisotopic (exact) mass is 318 g/mol. The van der Waals surface area contributed by atoms with Crippen LogP contribution < -0.4 is 5.32 Å². The number of ether oxygens (including phenoxy) is 1. The smallest absolute Gasteiger partial charge is 0.342 e. The minimum atomic E-state index is -1.00. The van der Waals surface area contributed by atoms with Crippen LogP contribution in [0, 0.1) is 13.8 Å². The first kappa shape index (κ1) is 16.5. The summed E-state index contributed by atoms with van der Waals surface area (Å²) in [6, 6.07) is 6.14. The maximum absolute atomic E-state index is 12.2. The highest BCUT2D eigenvalue weighted by molar-refractivity contribution is 5.98. The molecule has 7 nitrogen and oxygen atoms in total. The van der Waals surface area contributed by atoms with Gasteiger partial charge in [0.2, 0.25) is 0 Å². The number of nitrogens with zero attached hydrogens (tertiary/aromatic N) is 1. The fourth-order valence-corrected chi connectivity index (χ4v) is 1.96. The van der Waals surface area contributed by atoms with E-state index in [1.807, 2.05) is 0 Å². The Morgan fingerprint density at radius 3 is 2.70 bits per heavy atom. The highest BCUT2D eigenvalue weighted by atomic mass is 16.5. The zero-order chi connectivity index (χ0) is 17.0. The zero-order valence-electron chi connectivity index (χ0n) is 13.1. The van der Waals surface area contributed by atoms with Crippen LogP contribution in [-0.4, -0.2) is 28.2 Å². The van der Waals surface area contributed by atoms with Gasteiger partial charge in [-0.3, -0.25) is 4.79 Å². The minimum Gasteiger partial charge on any atom is -0.507 e. The van der Waals surface area contributed by atoms with E-state index in [2.05, 4.69) is 10.5 Å². The second kappa shape index (κ2) is 6.95. The second-order valence-corrected chi connectivity index (χ2v) is 5.13. The van der Waals surface area contributed by atoms with Gasteiger partial charge < -0.3 is 19.7 Å². The van der Waals surface area contributed by atoms with Crippen LogP contribution in [0.25, 0.3) is 0 Å². The Bertz CT molecular complexity index is 723. The average molecular weight is 318 g/mol. The molecule has 2 rings (SSSR count). The lowest BCUT2D eigenvalue weighted by Crippen LogP contribution is -2.32. The van der Waals surface area contributed by atoms with Crippen molar-refractivity contribution in [2.24, 2.45) is 0 Å². The molecule has 0 saturated heterocycles. The number of nitrogens with one attached hydrogen (secondary N) is 1. The van der Waals surface area contributed by atoms with Gasteiger partial charge in [0.15, 0.2) is 11.9 Å². The molecule has 0 aliphatic rings. The van der Waals surface area contributed by atoms with Gasteiger partial charge in [0, 0.05) is 6.07 Å². The third kappa shape index (κ3) is 4.09. The van der Waals surface area contributed by atoms with Crippen LogP contribution in [0.2, 0.25) is 0 Å². The molecule has 1 aromatic heterocycles. The van der Waals surface area contributed by atoms with Crippen LogP contribution in [0.3, 0.4) is 0 Å². The number of hydrogen-bond donors (Lipinski definition) is 2. The Labute approximate surface area is 133 Å². The number of phenolic OH excluding ortho intramolecular Hbond substituents is 1. The summed E-state index contributed by atoms with van der Waals surface area (Å²) in [6.07, 6.45) is -0.722. The summed E-state index contributed by atoms with van der Waals surface area (Å²) in [5.41, 5.74) is 0.818. The molecule has 0 radical (unpaired) electrons. The summed E-state index contributed by atoms with van der Waals surface area (Å²) >= 11 is 0. The van der Waals surface area contributed by atoms with Gasteiger partial charge in [-0.15, -0.1) is 0 Å². The van der Waals surface area contributed by atoms with Gasteiger partial charge in [0.25, 0.3) is 5.91 Å². The van der Waals surface area contributed by atoms with Crippen LogP contribution in [0.1, 0.15) is 35.0 Å². The van der Waals surface area contributed by atoms with Gasteiger partial charge in [0.05, 0.1) is 0 Å². The zero-order valence-corrected chi connectivity index (χ0v) is 13.1. The van der Waals surface area contributed by atoms with Gasteiger partial charge >= 0.3 is 5.97 Å². The minimum absolute atomic E-state index is 0.0218. The number of aromatic hydroxyl groups is 1. The molecule has 0 saturated carbocycles. The largest absolute Gasteiger partial charge is 0.507 e. The molecule has 0 aliphatic carbocycles. The number of aryl methyl sites for hydroxylation is 2. The van der Waals surface area contributed by atoms with E-state index in [1.165, 1.54) is 12.1 Å². The molecule has 0 bridgehead atoms. The Morgan fingerprint density at radius 1 is 1.35 bits per heavy atom. The van der Waals surface area contributed by atoms with Gasteiger partial charge in [0.1, 0.15) is 17.1 Å². The van der Waals surface area contributed by atoms with E-state index in [0.29, 0.717) is 5.76 Å². The van der Waals surface area contributed by atoms with Gasteiger partial charge in [-0.2, -0.15) is 0 Å². The Kier molecular flexibility index (Phi) is 5.00. The van der Waals surface area contributed by atoms with Crippen molar-refractivity contribution in [3.8, 4) is 5.75 Å². The van der Waals surface area contributed by atoms with E-state index in [-0.39, 0.29) is 23.6 Å². The number of esters is 1. The molecule has 1 amide bonds. The normalized spacial score (nSPS) is 11.8. The second-order valence-electron chi connectivity index (χ2n) is 5.13. The number of rotatable bonds is 5. The van der Waals surface area contributed by atoms with E-state index in [1.54, 1.807) is 32.9 Å². The maximum atomic E-state index is 12.2. The van der Waals surface area contributed by atoms with Crippen LogP contribution in [0.5, 0.6) is 5.75 Å². The summed E-state index contributed by atoms with van der Waals surface area (Å²) < 4.78 is 10.0. The van der Waals surface area contributed by atoms with Crippen molar-refractivity contribution in [1.82, 2.24) is 5.16 Å². The van der Waals surface area contributed by atoms with Crippen LogP contribution in [0.15, 0.2) is 28.8 Å². The topological polar surface area (TPSA) is 102 Å². The van der Waals surface area contributed by atoms with Crippen LogP contribution in [0.4, 0.5) is 5.82 Å². The van der Waals surface area contributed by atoms with E-state index in [9.17, 15) is 14.7 Å². The predicted molar refractivity (Wildman–Crippen MR) is 82.2 cm³/mol. The van der Waals surface area contributed by atoms with Gasteiger partial charge in [-0.25, -0.2) is 4.79 Å². The fourth-order valence-electron chi connectivity index (χ4n) is 1.96. The average Bonchev–Trinajstić information content (AvgIpc) is 2.91. The highest BCUT2D eigenvalue weighted by Crippen LogP contribution is 2.20. The molecule has 122 valence electrons. The SMILES string of the molecule is CC[C@H](OC(=O)c1cc(C)ccc1O)C(=O)Nc1cc(C)on1. The number of anilines is 1. The van der Waals surface area contributed by atoms with Crippen LogP contribution in [-0.2, 0) is 9.53 Å². The third-order valence-corrected chi connectivity index (χ3v) is 3.16. The van der Waals surface area contributed by atoms with Crippen molar-refractivity contribution >= 4 is 17.7 Å². The number of amides is 1. The van der Waals surface area contributed by atoms with Crippen molar-refractivity contribution in [3.63, 3.8) is 0 Å². The van der Waals surface area contributed by atoms with Crippen LogP contribution >= 0.6 is 0 Å². The fraction of sp³-hybridized carbons (Fsp3) is 0.312. The number of hydrogen-bond acceptors (Lipinski definition) is 6. The first-order valence-electron chi connectivity index (χ1n) is 7.15. The lowest BCUT2D eigenvalue weighted by atomic mass is 10.1. The Morgan fingerprint density at radius 2 is 2.09 bits per heavy atom. The summed E-state index contributed by atoms with van der Waals surface area (Å²) in [4.78, 5) is 24.3. The lowest BCUT2D eigenvalue weighted by molar-refractivity contribution is -0.124. The molecule has 1 aromatic carbocycles. The van der Waals surface area contributed by atoms with Crippen molar-refractivity contribution in [1.29, 1.82) is 0 Å². The lowest BCUT2D eigenvalue weighted by Gasteiger charge is -2.15. The molecular formula is C16H18N2O5. The summed E-state index contributed by atoms with van der Waals surface area (Å²) in [6.45, 7) is 5.19. The molecule has 0 fully saturated rings. The predicted octanol–water partition coefficient (Wildman–Crippen LogP) is 2.57. The number of phenols is 1. The maximum Gasteiger partial charge on any atom is 0.342 e. The molecule has 0 spiro atoms. The third-order valence-electron chi connectivity index (χ3n) is 3.16. The first-order chi connectivity index (χ1) is 10.9. The Hall–Kier alpha value is -2.83. The summed E-state index contributed by atoms with van der Waals surface area (Å²) in [5, 5.41) is 15.9. The summed E-state index contributed by atoms with van der Waals surface area (Å²) in [7, 11) is 0. The number of carbonyl (C=O) groups is 2. The standard InChI is InChI=1S/C16H18N2O5/c1-4-13(15(20)17-14-8-10(3)23-18-14)22-16(21)11-7-9(2)5-6-12(11)19/h5-8,13,19H,4H2,1-3H3,(H,17,18,20)/t13-/m0/s1. The molecule has 0 unspecified atom stereocenters. The molecule has 0 aliphatic heterocycles. The molecule has 1 heterocycles. The van der Waals surface area contributed by atoms with E-state index >= 15 is 0 Å². The van der Waals surface area contributed by atoms with Crippen molar-refractivity contribution in [2.45, 2.75) is 33.3 Å². The van der Waals surface area contributed by atoms with E-state index in [0.717, 1.165) is 5.56 Å². The van der Waals surface area contributed by atoms with Gasteiger partial charge in [-0.05, 0) is 32.4 Å². The molecular weight excluding hydrogens is 300 g/mol. The molecule has 23 heavy (non-hydrogen) atoms. The molecule has 1 atom stereocenters. The molecule has 2 aromatic rings. The molecule has 7 heteroatoms. The van der Waals surface area contributed by atoms with E-state index in [4.69, 9.17) is 9.26 Å². The Balaban J connectivity index is 2.07. The number of benzene rings is 1. The highest BCUT2D eigenvalue weighted by Gasteiger charge is 2.24. The number of carbonyl (C=O) groups excluding carboxylic acids is 2. The van der Waals surface area contributed by atoms with E-state index < -0.39 is 18.0 Å². The molecule has 2 N–H and O–H groups in total. The van der Waals surface area contributed by atoms with Crippen molar-refractivity contribution < 1.29 is 24.0 Å². The van der Waals surface area contributed by atoms with Gasteiger partial charge in [-0.1, -0.05) is 23.7 Å². The van der Waals surface area contributed by atoms with Crippen molar-refractivity contribution in [2.75, 3.05) is 5.32 Å². The number of aromatic nitrogens is 1.